The van der Waals surface area contributed by atoms with Crippen LogP contribution in [-0.2, 0) is 4.74 Å². The molecule has 19 heavy (non-hydrogen) atoms. The lowest BCUT2D eigenvalue weighted by Gasteiger charge is -2.37. The summed E-state index contributed by atoms with van der Waals surface area (Å²) in [4.78, 5) is 0. The quantitative estimate of drug-likeness (QED) is 0.723. The van der Waals surface area contributed by atoms with Gasteiger partial charge in [-0.3, -0.25) is 0 Å². The van der Waals surface area contributed by atoms with Gasteiger partial charge in [-0.05, 0) is 62.7 Å². The summed E-state index contributed by atoms with van der Waals surface area (Å²) in [6, 6.07) is 0. The molecule has 0 aromatic rings. The minimum atomic E-state index is 0.564. The van der Waals surface area contributed by atoms with E-state index in [2.05, 4.69) is 32.5 Å². The van der Waals surface area contributed by atoms with Crippen LogP contribution in [0.3, 0.4) is 0 Å². The summed E-state index contributed by atoms with van der Waals surface area (Å²) in [5.41, 5.74) is 0. The molecular formula is C17H30OS. The molecule has 1 nitrogen and oxygen atoms in total. The average Bonchev–Trinajstić information content (AvgIpc) is 2.64. The van der Waals surface area contributed by atoms with Crippen molar-refractivity contribution in [2.45, 2.75) is 75.9 Å². The lowest BCUT2D eigenvalue weighted by molar-refractivity contribution is 0.0501. The zero-order chi connectivity index (χ0) is 13.4. The summed E-state index contributed by atoms with van der Waals surface area (Å²) < 4.78 is 5.89. The van der Waals surface area contributed by atoms with E-state index in [1.165, 1.54) is 38.5 Å². The van der Waals surface area contributed by atoms with E-state index in [-0.39, 0.29) is 0 Å². The first-order chi connectivity index (χ1) is 9.20. The van der Waals surface area contributed by atoms with E-state index in [1.54, 1.807) is 0 Å². The molecule has 3 aliphatic rings. The molecule has 7 atom stereocenters. The Morgan fingerprint density at radius 1 is 0.947 bits per heavy atom. The van der Waals surface area contributed by atoms with Crippen molar-refractivity contribution >= 4 is 11.8 Å². The smallest absolute Gasteiger partial charge is 0.0575 e. The summed E-state index contributed by atoms with van der Waals surface area (Å²) >= 11 is 2.37. The molecule has 0 aromatic carbocycles. The largest absolute Gasteiger partial charge is 0.379 e. The van der Waals surface area contributed by atoms with Crippen molar-refractivity contribution in [3.63, 3.8) is 0 Å². The van der Waals surface area contributed by atoms with E-state index in [0.29, 0.717) is 6.10 Å². The fraction of sp³-hybridized carbons (Fsp3) is 1.00. The fourth-order valence-corrected chi connectivity index (χ4v) is 7.09. The molecule has 2 aliphatic carbocycles. The van der Waals surface area contributed by atoms with Crippen molar-refractivity contribution in [1.82, 2.24) is 0 Å². The lowest BCUT2D eigenvalue weighted by Crippen LogP contribution is -2.34. The predicted molar refractivity (Wildman–Crippen MR) is 83.6 cm³/mol. The minimum absolute atomic E-state index is 0.564. The van der Waals surface area contributed by atoms with Crippen molar-refractivity contribution in [2.75, 3.05) is 6.61 Å². The molecule has 0 aromatic heterocycles. The second kappa shape index (κ2) is 5.97. The van der Waals surface area contributed by atoms with E-state index in [0.717, 1.165) is 40.8 Å². The number of thioether (sulfide) groups is 1. The van der Waals surface area contributed by atoms with Crippen LogP contribution >= 0.6 is 11.8 Å². The maximum atomic E-state index is 5.89. The Kier molecular flexibility index (Phi) is 4.48. The van der Waals surface area contributed by atoms with Gasteiger partial charge in [-0.25, -0.2) is 0 Å². The van der Waals surface area contributed by atoms with Crippen molar-refractivity contribution < 1.29 is 4.74 Å². The van der Waals surface area contributed by atoms with Gasteiger partial charge in [-0.15, -0.1) is 0 Å². The SMILES string of the molecule is CCOC1CCC2SC3C(C)C(C)CCC3C2CC1. The number of hydrogen-bond acceptors (Lipinski definition) is 2. The van der Waals surface area contributed by atoms with Gasteiger partial charge in [-0.1, -0.05) is 20.3 Å². The van der Waals surface area contributed by atoms with Gasteiger partial charge in [0.2, 0.25) is 0 Å². The van der Waals surface area contributed by atoms with Gasteiger partial charge in [0.1, 0.15) is 0 Å². The molecule has 0 spiro atoms. The van der Waals surface area contributed by atoms with Crippen LogP contribution < -0.4 is 0 Å². The summed E-state index contributed by atoms with van der Waals surface area (Å²) in [5, 5.41) is 1.93. The number of fused-ring (bicyclic) bond motifs is 3. The Balaban J connectivity index is 1.66. The van der Waals surface area contributed by atoms with Crippen LogP contribution in [0.1, 0.15) is 59.3 Å². The standard InChI is InChI=1S/C17H30OS/c1-4-18-13-6-9-14-15-8-5-11(2)12(3)17(15)19-16(14)10-7-13/h11-17H,4-10H2,1-3H3. The van der Waals surface area contributed by atoms with Crippen LogP contribution in [-0.4, -0.2) is 23.2 Å². The zero-order valence-electron chi connectivity index (χ0n) is 12.8. The Bertz CT molecular complexity index is 306. The van der Waals surface area contributed by atoms with Gasteiger partial charge in [0.15, 0.2) is 0 Å². The molecule has 0 N–H and O–H groups in total. The molecular weight excluding hydrogens is 252 g/mol. The van der Waals surface area contributed by atoms with Crippen LogP contribution in [0, 0.1) is 23.7 Å². The van der Waals surface area contributed by atoms with Gasteiger partial charge in [-0.2, -0.15) is 11.8 Å². The molecule has 2 heteroatoms. The molecule has 110 valence electrons. The topological polar surface area (TPSA) is 9.23 Å². The molecule has 0 amide bonds. The second-order valence-electron chi connectivity index (χ2n) is 7.11. The highest BCUT2D eigenvalue weighted by Gasteiger charge is 2.49. The van der Waals surface area contributed by atoms with Gasteiger partial charge < -0.3 is 4.74 Å². The summed E-state index contributed by atoms with van der Waals surface area (Å²) in [5.74, 6) is 3.93. The molecule has 3 rings (SSSR count). The third-order valence-electron chi connectivity index (χ3n) is 6.15. The van der Waals surface area contributed by atoms with Crippen LogP contribution in [0.15, 0.2) is 0 Å². The molecule has 1 saturated heterocycles. The summed E-state index contributed by atoms with van der Waals surface area (Å²) in [6.45, 7) is 8.03. The summed E-state index contributed by atoms with van der Waals surface area (Å²) in [7, 11) is 0. The van der Waals surface area contributed by atoms with Gasteiger partial charge in [0.25, 0.3) is 0 Å². The normalized spacial score (nSPS) is 50.4. The molecule has 1 heterocycles. The number of hydrogen-bond donors (Lipinski definition) is 0. The lowest BCUT2D eigenvalue weighted by atomic mass is 9.69. The van der Waals surface area contributed by atoms with Crippen LogP contribution in [0.5, 0.6) is 0 Å². The monoisotopic (exact) mass is 282 g/mol. The third kappa shape index (κ3) is 2.72. The van der Waals surface area contributed by atoms with Gasteiger partial charge in [0.05, 0.1) is 6.10 Å². The Labute approximate surface area is 123 Å². The highest BCUT2D eigenvalue weighted by molar-refractivity contribution is 8.00. The van der Waals surface area contributed by atoms with Crippen LogP contribution in [0.25, 0.3) is 0 Å². The first kappa shape index (κ1) is 14.3. The van der Waals surface area contributed by atoms with E-state index in [4.69, 9.17) is 4.74 Å². The minimum Gasteiger partial charge on any atom is -0.379 e. The molecule has 7 unspecified atom stereocenters. The van der Waals surface area contributed by atoms with E-state index in [9.17, 15) is 0 Å². The van der Waals surface area contributed by atoms with Crippen LogP contribution in [0.4, 0.5) is 0 Å². The van der Waals surface area contributed by atoms with Gasteiger partial charge in [0, 0.05) is 17.1 Å². The number of rotatable bonds is 2. The van der Waals surface area contributed by atoms with E-state index >= 15 is 0 Å². The second-order valence-corrected chi connectivity index (χ2v) is 8.53. The van der Waals surface area contributed by atoms with Crippen molar-refractivity contribution in [1.29, 1.82) is 0 Å². The van der Waals surface area contributed by atoms with E-state index in [1.807, 2.05) is 0 Å². The van der Waals surface area contributed by atoms with Crippen LogP contribution in [0.2, 0.25) is 0 Å². The summed E-state index contributed by atoms with van der Waals surface area (Å²) in [6.07, 6.45) is 9.02. The molecule has 0 bridgehead atoms. The van der Waals surface area contributed by atoms with Crippen molar-refractivity contribution in [2.24, 2.45) is 23.7 Å². The van der Waals surface area contributed by atoms with Crippen molar-refractivity contribution in [3.05, 3.63) is 0 Å². The first-order valence-corrected chi connectivity index (χ1v) is 9.42. The highest BCUT2D eigenvalue weighted by Crippen LogP contribution is 2.56. The van der Waals surface area contributed by atoms with Crippen molar-refractivity contribution in [3.8, 4) is 0 Å². The Morgan fingerprint density at radius 2 is 1.68 bits per heavy atom. The molecule has 0 radical (unpaired) electrons. The fourth-order valence-electron chi connectivity index (χ4n) is 4.81. The molecule has 1 aliphatic heterocycles. The molecule has 2 saturated carbocycles. The Morgan fingerprint density at radius 3 is 2.47 bits per heavy atom. The van der Waals surface area contributed by atoms with E-state index < -0.39 is 0 Å². The number of ether oxygens (including phenoxy) is 1. The third-order valence-corrected chi connectivity index (χ3v) is 8.18. The Hall–Kier alpha value is 0.310. The zero-order valence-corrected chi connectivity index (χ0v) is 13.6. The molecule has 3 fully saturated rings. The predicted octanol–water partition coefficient (Wildman–Crippen LogP) is 4.75. The highest BCUT2D eigenvalue weighted by atomic mass is 32.2. The average molecular weight is 282 g/mol. The first-order valence-electron chi connectivity index (χ1n) is 8.47. The van der Waals surface area contributed by atoms with Gasteiger partial charge >= 0.3 is 0 Å². The maximum absolute atomic E-state index is 5.89. The maximum Gasteiger partial charge on any atom is 0.0575 e.